The van der Waals surface area contributed by atoms with E-state index in [-0.39, 0.29) is 47.9 Å². The highest BCUT2D eigenvalue weighted by molar-refractivity contribution is 6.01. The summed E-state index contributed by atoms with van der Waals surface area (Å²) in [5.41, 5.74) is -2.95. The van der Waals surface area contributed by atoms with Crippen LogP contribution in [0, 0.1) is 34.5 Å². The van der Waals surface area contributed by atoms with E-state index in [9.17, 15) is 14.4 Å². The molecule has 7 heteroatoms. The molecule has 5 fully saturated rings. The number of halogens is 1. The minimum Gasteiger partial charge on any atom is -0.466 e. The first-order valence-electron chi connectivity index (χ1n) is 12.1. The van der Waals surface area contributed by atoms with Gasteiger partial charge >= 0.3 is 11.9 Å². The summed E-state index contributed by atoms with van der Waals surface area (Å²) >= 11 is 0. The topological polar surface area (TPSA) is 82.2 Å². The first-order chi connectivity index (χ1) is 15.5. The lowest BCUT2D eigenvalue weighted by Gasteiger charge is -2.56. The van der Waals surface area contributed by atoms with E-state index in [0.29, 0.717) is 18.4 Å². The molecule has 178 valence electrons. The van der Waals surface area contributed by atoms with Crippen molar-refractivity contribution in [1.82, 2.24) is 0 Å². The van der Waals surface area contributed by atoms with Crippen LogP contribution < -0.4 is 0 Å². The smallest absolute Gasteiger partial charge is 0.351 e. The van der Waals surface area contributed by atoms with Gasteiger partial charge in [0.2, 0.25) is 5.60 Å². The van der Waals surface area contributed by atoms with Gasteiger partial charge in [0.25, 0.3) is 0 Å². The predicted octanol–water partition coefficient (Wildman–Crippen LogP) is 3.48. The molecule has 1 saturated heterocycles. The normalized spacial score (nSPS) is 51.5. The Hall–Kier alpha value is -2.02. The molecule has 6 nitrogen and oxygen atoms in total. The van der Waals surface area contributed by atoms with Crippen molar-refractivity contribution >= 4 is 17.7 Å². The van der Waals surface area contributed by atoms with E-state index in [0.717, 1.165) is 12.8 Å². The molecule has 0 aromatic carbocycles. The molecule has 5 aliphatic carbocycles. The molecule has 4 saturated carbocycles. The number of allylic oxidation sites excluding steroid dienone is 2. The lowest BCUT2D eigenvalue weighted by atomic mass is 9.46. The highest BCUT2D eigenvalue weighted by Gasteiger charge is 2.84. The van der Waals surface area contributed by atoms with Crippen molar-refractivity contribution in [2.75, 3.05) is 7.11 Å². The van der Waals surface area contributed by atoms with Crippen LogP contribution in [0.3, 0.4) is 0 Å². The zero-order valence-corrected chi connectivity index (χ0v) is 19.6. The van der Waals surface area contributed by atoms with Crippen LogP contribution in [0.4, 0.5) is 4.39 Å². The van der Waals surface area contributed by atoms with E-state index >= 15 is 4.39 Å². The maximum absolute atomic E-state index is 15.6. The Morgan fingerprint density at radius 1 is 1.18 bits per heavy atom. The highest BCUT2D eigenvalue weighted by Crippen LogP contribution is 2.77. The van der Waals surface area contributed by atoms with Gasteiger partial charge in [0.1, 0.15) is 11.8 Å². The molecule has 1 spiro atoms. The van der Waals surface area contributed by atoms with E-state index in [2.05, 4.69) is 0 Å². The van der Waals surface area contributed by atoms with Gasteiger partial charge in [0.05, 0.1) is 19.1 Å². The minimum atomic E-state index is -1.41. The second kappa shape index (κ2) is 6.35. The van der Waals surface area contributed by atoms with E-state index in [1.165, 1.54) is 19.3 Å². The SMILES string of the molecule is COC(=O)[C@@]1(OC(=O)C2CC2)[C@@H](C)CC2C3C[C@H](F)C4=CC(=O)C=C[C@]4(C)[C@@]34O[C@H]4C[C@@]21C. The number of ketones is 1. The minimum absolute atomic E-state index is 0.0833. The largest absolute Gasteiger partial charge is 0.466 e. The van der Waals surface area contributed by atoms with Gasteiger partial charge in [-0.25, -0.2) is 9.18 Å². The molecular weight excluding hydrogens is 427 g/mol. The van der Waals surface area contributed by atoms with Crippen LogP contribution in [0.25, 0.3) is 0 Å². The number of ether oxygens (including phenoxy) is 3. The Labute approximate surface area is 192 Å². The van der Waals surface area contributed by atoms with Crippen molar-refractivity contribution in [3.8, 4) is 0 Å². The van der Waals surface area contributed by atoms with Gasteiger partial charge in [-0.15, -0.1) is 0 Å². The van der Waals surface area contributed by atoms with Gasteiger partial charge in [-0.1, -0.05) is 19.9 Å². The zero-order chi connectivity index (χ0) is 23.6. The van der Waals surface area contributed by atoms with E-state index in [1.54, 1.807) is 0 Å². The van der Waals surface area contributed by atoms with Crippen LogP contribution >= 0.6 is 0 Å². The maximum Gasteiger partial charge on any atom is 0.351 e. The molecule has 0 aromatic rings. The number of carbonyl (C=O) groups is 3. The molecule has 1 aliphatic heterocycles. The first kappa shape index (κ1) is 21.5. The van der Waals surface area contributed by atoms with E-state index in [4.69, 9.17) is 14.2 Å². The molecule has 33 heavy (non-hydrogen) atoms. The summed E-state index contributed by atoms with van der Waals surface area (Å²) in [6, 6.07) is 0. The summed E-state index contributed by atoms with van der Waals surface area (Å²) < 4.78 is 33.5. The molecule has 0 N–H and O–H groups in total. The van der Waals surface area contributed by atoms with Crippen LogP contribution in [0.5, 0.6) is 0 Å². The molecule has 0 amide bonds. The van der Waals surface area contributed by atoms with E-state index < -0.39 is 34.2 Å². The van der Waals surface area contributed by atoms with Gasteiger partial charge in [0.15, 0.2) is 5.78 Å². The number of epoxide rings is 1. The summed E-state index contributed by atoms with van der Waals surface area (Å²) in [6.45, 7) is 5.93. The molecule has 2 unspecified atom stereocenters. The van der Waals surface area contributed by atoms with Crippen molar-refractivity contribution in [3.05, 3.63) is 23.8 Å². The predicted molar refractivity (Wildman–Crippen MR) is 115 cm³/mol. The quantitative estimate of drug-likeness (QED) is 0.476. The molecule has 6 rings (SSSR count). The third kappa shape index (κ3) is 2.35. The van der Waals surface area contributed by atoms with Crippen molar-refractivity contribution in [1.29, 1.82) is 0 Å². The summed E-state index contributed by atoms with van der Waals surface area (Å²) in [7, 11) is 1.33. The third-order valence-corrected chi connectivity index (χ3v) is 10.1. The van der Waals surface area contributed by atoms with Crippen LogP contribution in [-0.4, -0.2) is 48.3 Å². The zero-order valence-electron chi connectivity index (χ0n) is 19.6. The molecule has 0 radical (unpaired) electrons. The maximum atomic E-state index is 15.6. The number of methoxy groups -OCH3 is 1. The standard InChI is InChI=1S/C26H31FO6/c1-13-9-16-17-11-19(27)18-10-15(28)7-8-23(18,2)26(17)20(32-26)12-24(16,3)25(13,22(30)31-4)33-21(29)14-5-6-14/h7-8,10,13-14,16-17,19-20H,5-6,9,11-12H2,1-4H3/t13-,16?,17?,19-,20-,23-,24-,25-,26+/m0/s1. The number of esters is 2. The second-order valence-corrected chi connectivity index (χ2v) is 11.5. The summed E-state index contributed by atoms with van der Waals surface area (Å²) in [6.07, 6.45) is 6.26. The van der Waals surface area contributed by atoms with Gasteiger partial charge in [0, 0.05) is 16.7 Å². The Morgan fingerprint density at radius 3 is 2.58 bits per heavy atom. The third-order valence-electron chi connectivity index (χ3n) is 10.1. The fourth-order valence-electron chi connectivity index (χ4n) is 8.37. The van der Waals surface area contributed by atoms with Crippen molar-refractivity contribution in [2.24, 2.45) is 34.5 Å². The van der Waals surface area contributed by atoms with Crippen LogP contribution in [0.15, 0.2) is 23.8 Å². The van der Waals surface area contributed by atoms with Gasteiger partial charge < -0.3 is 14.2 Å². The Balaban J connectivity index is 1.45. The van der Waals surface area contributed by atoms with Crippen molar-refractivity contribution in [3.63, 3.8) is 0 Å². The molecule has 1 heterocycles. The Bertz CT molecular complexity index is 1030. The molecule has 0 aromatic heterocycles. The molecule has 9 atom stereocenters. The molecule has 6 aliphatic rings. The summed E-state index contributed by atoms with van der Waals surface area (Å²) in [5.74, 6) is -1.70. The number of rotatable bonds is 3. The number of carbonyl (C=O) groups excluding carboxylic acids is 3. The monoisotopic (exact) mass is 458 g/mol. The van der Waals surface area contributed by atoms with Crippen molar-refractivity contribution < 1.29 is 33.0 Å². The van der Waals surface area contributed by atoms with Crippen LogP contribution in [-0.2, 0) is 28.6 Å². The van der Waals surface area contributed by atoms with Crippen molar-refractivity contribution in [2.45, 2.75) is 76.4 Å². The lowest BCUT2D eigenvalue weighted by Crippen LogP contribution is -2.64. The van der Waals surface area contributed by atoms with Crippen LogP contribution in [0.1, 0.15) is 52.9 Å². The van der Waals surface area contributed by atoms with Gasteiger partial charge in [-0.05, 0) is 68.6 Å². The van der Waals surface area contributed by atoms with E-state index in [1.807, 2.05) is 26.8 Å². The Kier molecular flexibility index (Phi) is 4.14. The number of hydrogen-bond donors (Lipinski definition) is 0. The lowest BCUT2D eigenvalue weighted by molar-refractivity contribution is -0.208. The fourth-order valence-corrected chi connectivity index (χ4v) is 8.37. The average Bonchev–Trinajstić information content (AvgIpc) is 3.68. The number of fused-ring (bicyclic) bond motifs is 3. The summed E-state index contributed by atoms with van der Waals surface area (Å²) in [5, 5.41) is 0. The number of hydrogen-bond acceptors (Lipinski definition) is 6. The highest BCUT2D eigenvalue weighted by atomic mass is 19.1. The first-order valence-corrected chi connectivity index (χ1v) is 12.1. The molecular formula is C26H31FO6. The molecule has 0 bridgehead atoms. The fraction of sp³-hybridized carbons (Fsp3) is 0.731. The summed E-state index contributed by atoms with van der Waals surface area (Å²) in [4.78, 5) is 38.3. The average molecular weight is 459 g/mol. The second-order valence-electron chi connectivity index (χ2n) is 11.5. The van der Waals surface area contributed by atoms with Gasteiger partial charge in [-0.2, -0.15) is 0 Å². The number of alkyl halides is 1. The van der Waals surface area contributed by atoms with Crippen LogP contribution in [0.2, 0.25) is 0 Å². The Morgan fingerprint density at radius 2 is 1.91 bits per heavy atom. The van der Waals surface area contributed by atoms with Gasteiger partial charge in [-0.3, -0.25) is 9.59 Å².